The molecule has 0 heterocycles. The van der Waals surface area contributed by atoms with Crippen molar-refractivity contribution in [3.63, 3.8) is 0 Å². The molecule has 2 N–H and O–H groups in total. The van der Waals surface area contributed by atoms with E-state index < -0.39 is 5.97 Å². The molecule has 0 saturated heterocycles. The van der Waals surface area contributed by atoms with Gasteiger partial charge in [-0.15, -0.1) is 0 Å². The molecule has 1 saturated carbocycles. The van der Waals surface area contributed by atoms with E-state index in [0.29, 0.717) is 25.7 Å². The van der Waals surface area contributed by atoms with Crippen molar-refractivity contribution in [2.75, 3.05) is 19.6 Å². The summed E-state index contributed by atoms with van der Waals surface area (Å²) in [4.78, 5) is 23.9. The van der Waals surface area contributed by atoms with Gasteiger partial charge in [-0.05, 0) is 19.3 Å². The summed E-state index contributed by atoms with van der Waals surface area (Å²) < 4.78 is 0. The first-order valence-electron chi connectivity index (χ1n) is 5.86. The summed E-state index contributed by atoms with van der Waals surface area (Å²) in [7, 11) is 0. The Hall–Kier alpha value is -1.10. The molecule has 92 valence electrons. The molecular weight excluding hydrogens is 208 g/mol. The number of rotatable bonds is 8. The number of carbonyl (C=O) groups is 2. The van der Waals surface area contributed by atoms with Crippen molar-refractivity contribution in [1.29, 1.82) is 0 Å². The molecule has 1 amide bonds. The first-order valence-corrected chi connectivity index (χ1v) is 5.86. The number of carbonyl (C=O) groups excluding carboxylic acids is 1. The average Bonchev–Trinajstić information content (AvgIpc) is 3.04. The van der Waals surface area contributed by atoms with E-state index in [4.69, 9.17) is 5.11 Å². The monoisotopic (exact) mass is 228 g/mol. The fraction of sp³-hybridized carbons (Fsp3) is 0.818. The fourth-order valence-corrected chi connectivity index (χ4v) is 1.57. The highest BCUT2D eigenvalue weighted by Crippen LogP contribution is 2.26. The van der Waals surface area contributed by atoms with Crippen LogP contribution in [0.2, 0.25) is 0 Å². The number of hydrogen-bond donors (Lipinski definition) is 2. The third-order valence-corrected chi connectivity index (χ3v) is 2.60. The molecule has 0 aromatic rings. The molecular formula is C11H20N2O3. The minimum absolute atomic E-state index is 0.000797. The predicted molar refractivity (Wildman–Crippen MR) is 60.1 cm³/mol. The van der Waals surface area contributed by atoms with Crippen LogP contribution in [0.15, 0.2) is 0 Å². The second kappa shape index (κ2) is 6.48. The Morgan fingerprint density at radius 3 is 2.62 bits per heavy atom. The second-order valence-corrected chi connectivity index (χ2v) is 4.20. The molecule has 1 rings (SSSR count). The van der Waals surface area contributed by atoms with Gasteiger partial charge in [-0.1, -0.05) is 6.92 Å². The number of hydrogen-bond acceptors (Lipinski definition) is 3. The number of carboxylic acid groups (broad SMARTS) is 1. The minimum atomic E-state index is -0.806. The normalized spacial score (nSPS) is 15.1. The summed E-state index contributed by atoms with van der Waals surface area (Å²) in [6.45, 7) is 3.50. The molecule has 5 nitrogen and oxygen atoms in total. The van der Waals surface area contributed by atoms with Crippen LogP contribution in [0, 0.1) is 0 Å². The van der Waals surface area contributed by atoms with Gasteiger partial charge in [-0.3, -0.25) is 14.5 Å². The maximum Gasteiger partial charge on any atom is 0.304 e. The van der Waals surface area contributed by atoms with E-state index in [1.165, 1.54) is 0 Å². The number of nitrogens with zero attached hydrogens (tertiary/aromatic N) is 1. The Kier molecular flexibility index (Phi) is 5.25. The maximum atomic E-state index is 11.5. The van der Waals surface area contributed by atoms with Gasteiger partial charge in [0.05, 0.1) is 13.0 Å². The van der Waals surface area contributed by atoms with Crippen LogP contribution in [-0.4, -0.2) is 47.6 Å². The Labute approximate surface area is 95.8 Å². The predicted octanol–water partition coefficient (Wildman–Crippen LogP) is 0.452. The van der Waals surface area contributed by atoms with Crippen LogP contribution in [0.25, 0.3) is 0 Å². The van der Waals surface area contributed by atoms with E-state index >= 15 is 0 Å². The van der Waals surface area contributed by atoms with Gasteiger partial charge in [-0.2, -0.15) is 0 Å². The summed E-state index contributed by atoms with van der Waals surface area (Å²) >= 11 is 0. The van der Waals surface area contributed by atoms with Gasteiger partial charge in [0.1, 0.15) is 0 Å². The van der Waals surface area contributed by atoms with Gasteiger partial charge >= 0.3 is 5.97 Å². The zero-order valence-corrected chi connectivity index (χ0v) is 9.74. The first-order chi connectivity index (χ1) is 7.63. The molecule has 16 heavy (non-hydrogen) atoms. The topological polar surface area (TPSA) is 69.6 Å². The zero-order valence-electron chi connectivity index (χ0n) is 9.74. The summed E-state index contributed by atoms with van der Waals surface area (Å²) in [6.07, 6.45) is 3.20. The average molecular weight is 228 g/mol. The van der Waals surface area contributed by atoms with Gasteiger partial charge in [0.2, 0.25) is 5.91 Å². The molecule has 0 unspecified atom stereocenters. The Morgan fingerprint density at radius 1 is 1.44 bits per heavy atom. The molecule has 0 aromatic carbocycles. The van der Waals surface area contributed by atoms with Crippen molar-refractivity contribution in [1.82, 2.24) is 10.2 Å². The van der Waals surface area contributed by atoms with E-state index in [1.54, 1.807) is 0 Å². The highest BCUT2D eigenvalue weighted by Gasteiger charge is 2.30. The molecule has 0 aliphatic heterocycles. The van der Waals surface area contributed by atoms with Crippen LogP contribution in [0.5, 0.6) is 0 Å². The van der Waals surface area contributed by atoms with Crippen LogP contribution < -0.4 is 5.32 Å². The number of aliphatic carboxylic acids is 1. The third-order valence-electron chi connectivity index (χ3n) is 2.60. The smallest absolute Gasteiger partial charge is 0.304 e. The largest absolute Gasteiger partial charge is 0.481 e. The van der Waals surface area contributed by atoms with Crippen molar-refractivity contribution < 1.29 is 14.7 Å². The van der Waals surface area contributed by atoms with E-state index in [-0.39, 0.29) is 12.3 Å². The van der Waals surface area contributed by atoms with E-state index in [2.05, 4.69) is 5.32 Å². The molecule has 0 bridgehead atoms. The van der Waals surface area contributed by atoms with Crippen LogP contribution in [0.4, 0.5) is 0 Å². The standard InChI is InChI=1S/C11H20N2O3/c1-2-6-12-10(14)8-13(9-3-4-9)7-5-11(15)16/h9H,2-8H2,1H3,(H,12,14)(H,15,16). The quantitative estimate of drug-likeness (QED) is 0.633. The van der Waals surface area contributed by atoms with E-state index in [0.717, 1.165) is 19.3 Å². The Bertz CT molecular complexity index is 252. The van der Waals surface area contributed by atoms with Crippen molar-refractivity contribution in [3.8, 4) is 0 Å². The lowest BCUT2D eigenvalue weighted by molar-refractivity contribution is -0.137. The zero-order chi connectivity index (χ0) is 12.0. The number of amides is 1. The van der Waals surface area contributed by atoms with Gasteiger partial charge in [0.15, 0.2) is 0 Å². The highest BCUT2D eigenvalue weighted by molar-refractivity contribution is 5.78. The fourth-order valence-electron chi connectivity index (χ4n) is 1.57. The minimum Gasteiger partial charge on any atom is -0.481 e. The Balaban J connectivity index is 2.27. The van der Waals surface area contributed by atoms with E-state index in [1.807, 2.05) is 11.8 Å². The van der Waals surface area contributed by atoms with Gasteiger partial charge < -0.3 is 10.4 Å². The third kappa shape index (κ3) is 5.11. The summed E-state index contributed by atoms with van der Waals surface area (Å²) in [5, 5.41) is 11.4. The molecule has 1 aliphatic carbocycles. The van der Waals surface area contributed by atoms with Crippen LogP contribution >= 0.6 is 0 Å². The van der Waals surface area contributed by atoms with Gasteiger partial charge in [0, 0.05) is 19.1 Å². The number of nitrogens with one attached hydrogen (secondary N) is 1. The molecule has 5 heteroatoms. The van der Waals surface area contributed by atoms with Crippen LogP contribution in [0.1, 0.15) is 32.6 Å². The molecule has 1 aliphatic rings. The molecule has 0 aromatic heterocycles. The van der Waals surface area contributed by atoms with Crippen LogP contribution in [0.3, 0.4) is 0 Å². The lowest BCUT2D eigenvalue weighted by Gasteiger charge is -2.20. The van der Waals surface area contributed by atoms with Crippen molar-refractivity contribution in [3.05, 3.63) is 0 Å². The number of carboxylic acids is 1. The second-order valence-electron chi connectivity index (χ2n) is 4.20. The van der Waals surface area contributed by atoms with E-state index in [9.17, 15) is 9.59 Å². The molecule has 0 atom stereocenters. The van der Waals surface area contributed by atoms with Crippen LogP contribution in [-0.2, 0) is 9.59 Å². The Morgan fingerprint density at radius 2 is 2.12 bits per heavy atom. The lowest BCUT2D eigenvalue weighted by atomic mass is 10.3. The highest BCUT2D eigenvalue weighted by atomic mass is 16.4. The SMILES string of the molecule is CCCNC(=O)CN(CCC(=O)O)C1CC1. The molecule has 0 radical (unpaired) electrons. The first kappa shape index (κ1) is 13.0. The summed E-state index contributed by atoms with van der Waals surface area (Å²) in [6, 6.07) is 0.423. The summed E-state index contributed by atoms with van der Waals surface area (Å²) in [5.74, 6) is -0.807. The maximum absolute atomic E-state index is 11.5. The van der Waals surface area contributed by atoms with Gasteiger partial charge in [-0.25, -0.2) is 0 Å². The lowest BCUT2D eigenvalue weighted by Crippen LogP contribution is -2.39. The summed E-state index contributed by atoms with van der Waals surface area (Å²) in [5.41, 5.74) is 0. The molecule has 0 spiro atoms. The van der Waals surface area contributed by atoms with Crippen molar-refractivity contribution in [2.24, 2.45) is 0 Å². The van der Waals surface area contributed by atoms with Gasteiger partial charge in [0.25, 0.3) is 0 Å². The molecule has 1 fully saturated rings. The van der Waals surface area contributed by atoms with Crippen molar-refractivity contribution >= 4 is 11.9 Å². The van der Waals surface area contributed by atoms with Crippen molar-refractivity contribution in [2.45, 2.75) is 38.6 Å².